The minimum absolute atomic E-state index is 0.151. The number of hydrogen-bond acceptors (Lipinski definition) is 6. The number of rotatable bonds is 7. The van der Waals surface area contributed by atoms with Crippen LogP contribution in [0.4, 0.5) is 5.69 Å². The van der Waals surface area contributed by atoms with Crippen molar-refractivity contribution in [1.82, 2.24) is 15.1 Å². The maximum atomic E-state index is 13.1. The third-order valence-corrected chi connectivity index (χ3v) is 7.38. The van der Waals surface area contributed by atoms with Crippen molar-refractivity contribution in [2.45, 2.75) is 26.3 Å². The van der Waals surface area contributed by atoms with Gasteiger partial charge in [0.05, 0.1) is 28.6 Å². The standard InChI is InChI=1S/C22H23ClN4O4S/c1-2-12-26(15-20-24-25-21(31-20)18-6-3-4-7-19(18)23)22(28)16-8-10-17(11-9-16)27-13-5-14-32(27,29)30/h3-4,6-11H,2,5,12-15H2,1H3. The van der Waals surface area contributed by atoms with Crippen molar-refractivity contribution in [2.24, 2.45) is 0 Å². The van der Waals surface area contributed by atoms with E-state index in [1.54, 1.807) is 41.3 Å². The quantitative estimate of drug-likeness (QED) is 0.513. The highest BCUT2D eigenvalue weighted by Gasteiger charge is 2.28. The monoisotopic (exact) mass is 474 g/mol. The summed E-state index contributed by atoms with van der Waals surface area (Å²) in [5, 5.41) is 8.64. The second kappa shape index (κ2) is 9.30. The molecule has 2 aromatic carbocycles. The van der Waals surface area contributed by atoms with E-state index in [-0.39, 0.29) is 18.2 Å². The molecule has 1 saturated heterocycles. The highest BCUT2D eigenvalue weighted by Crippen LogP contribution is 2.27. The van der Waals surface area contributed by atoms with Crippen molar-refractivity contribution in [1.29, 1.82) is 0 Å². The molecule has 8 nitrogen and oxygen atoms in total. The molecule has 1 aliphatic heterocycles. The van der Waals surface area contributed by atoms with Crippen LogP contribution in [-0.4, -0.2) is 48.3 Å². The Kier molecular flexibility index (Phi) is 6.48. The number of sulfonamides is 1. The van der Waals surface area contributed by atoms with Crippen molar-refractivity contribution in [3.05, 3.63) is 65.0 Å². The molecule has 10 heteroatoms. The lowest BCUT2D eigenvalue weighted by atomic mass is 10.1. The van der Waals surface area contributed by atoms with E-state index in [1.165, 1.54) is 4.31 Å². The SMILES string of the molecule is CCCN(Cc1nnc(-c2ccccc2Cl)o1)C(=O)c1ccc(N2CCCS2(=O)=O)cc1. The first-order chi connectivity index (χ1) is 15.4. The van der Waals surface area contributed by atoms with Crippen LogP contribution in [0.2, 0.25) is 5.02 Å². The number of amides is 1. The molecule has 32 heavy (non-hydrogen) atoms. The van der Waals surface area contributed by atoms with Gasteiger partial charge in [-0.15, -0.1) is 10.2 Å². The minimum Gasteiger partial charge on any atom is -0.419 e. The third kappa shape index (κ3) is 4.63. The molecule has 0 spiro atoms. The summed E-state index contributed by atoms with van der Waals surface area (Å²) in [5.74, 6) is 0.561. The van der Waals surface area contributed by atoms with Crippen LogP contribution in [0.15, 0.2) is 52.9 Å². The molecule has 0 saturated carbocycles. The van der Waals surface area contributed by atoms with Crippen LogP contribution in [0.25, 0.3) is 11.5 Å². The Balaban J connectivity index is 1.50. The highest BCUT2D eigenvalue weighted by molar-refractivity contribution is 7.93. The van der Waals surface area contributed by atoms with Crippen molar-refractivity contribution >= 4 is 33.2 Å². The number of carbonyl (C=O) groups excluding carboxylic acids is 1. The second-order valence-electron chi connectivity index (χ2n) is 7.50. The summed E-state index contributed by atoms with van der Waals surface area (Å²) in [6.45, 7) is 3.10. The van der Waals surface area contributed by atoms with Gasteiger partial charge in [-0.1, -0.05) is 30.7 Å². The van der Waals surface area contributed by atoms with E-state index < -0.39 is 10.0 Å². The predicted molar refractivity (Wildman–Crippen MR) is 122 cm³/mol. The lowest BCUT2D eigenvalue weighted by molar-refractivity contribution is 0.0728. The Bertz CT molecular complexity index is 1210. The Labute approximate surface area is 191 Å². The fourth-order valence-corrected chi connectivity index (χ4v) is 5.41. The summed E-state index contributed by atoms with van der Waals surface area (Å²) in [6, 6.07) is 13.8. The van der Waals surface area contributed by atoms with Gasteiger partial charge in [0.1, 0.15) is 0 Å². The number of benzene rings is 2. The van der Waals surface area contributed by atoms with E-state index in [4.69, 9.17) is 16.0 Å². The molecule has 2 heterocycles. The van der Waals surface area contributed by atoms with Crippen molar-refractivity contribution < 1.29 is 17.6 Å². The van der Waals surface area contributed by atoms with Crippen molar-refractivity contribution in [2.75, 3.05) is 23.1 Å². The van der Waals surface area contributed by atoms with Gasteiger partial charge in [-0.05, 0) is 49.2 Å². The fraction of sp³-hybridized carbons (Fsp3) is 0.318. The van der Waals surface area contributed by atoms with Crippen LogP contribution in [0, 0.1) is 0 Å². The van der Waals surface area contributed by atoms with E-state index in [2.05, 4.69) is 10.2 Å². The van der Waals surface area contributed by atoms with E-state index in [0.717, 1.165) is 6.42 Å². The highest BCUT2D eigenvalue weighted by atomic mass is 35.5. The van der Waals surface area contributed by atoms with Crippen LogP contribution in [-0.2, 0) is 16.6 Å². The lowest BCUT2D eigenvalue weighted by Crippen LogP contribution is -2.31. The predicted octanol–water partition coefficient (Wildman–Crippen LogP) is 3.98. The van der Waals surface area contributed by atoms with Gasteiger partial charge in [0.25, 0.3) is 5.91 Å². The summed E-state index contributed by atoms with van der Waals surface area (Å²) >= 11 is 6.20. The first-order valence-corrected chi connectivity index (χ1v) is 12.3. The lowest BCUT2D eigenvalue weighted by Gasteiger charge is -2.21. The smallest absolute Gasteiger partial charge is 0.254 e. The zero-order valence-electron chi connectivity index (χ0n) is 17.6. The zero-order chi connectivity index (χ0) is 22.7. The van der Waals surface area contributed by atoms with E-state index in [9.17, 15) is 13.2 Å². The summed E-state index contributed by atoms with van der Waals surface area (Å²) in [6.07, 6.45) is 1.36. The number of aromatic nitrogens is 2. The Morgan fingerprint density at radius 2 is 1.91 bits per heavy atom. The first-order valence-electron chi connectivity index (χ1n) is 10.4. The molecule has 1 amide bonds. The second-order valence-corrected chi connectivity index (χ2v) is 9.92. The molecule has 3 aromatic rings. The maximum absolute atomic E-state index is 13.1. The number of hydrogen-bond donors (Lipinski definition) is 0. The maximum Gasteiger partial charge on any atom is 0.254 e. The van der Waals surface area contributed by atoms with Gasteiger partial charge in [-0.25, -0.2) is 8.42 Å². The molecule has 0 bridgehead atoms. The molecule has 1 aromatic heterocycles. The van der Waals surface area contributed by atoms with Gasteiger partial charge in [-0.2, -0.15) is 0 Å². The summed E-state index contributed by atoms with van der Waals surface area (Å²) in [7, 11) is -3.26. The first kappa shape index (κ1) is 22.3. The van der Waals surface area contributed by atoms with Crippen LogP contribution in [0.3, 0.4) is 0 Å². The van der Waals surface area contributed by atoms with Gasteiger partial charge in [0.2, 0.25) is 21.8 Å². The van der Waals surface area contributed by atoms with Crippen LogP contribution >= 0.6 is 11.6 Å². The average Bonchev–Trinajstić information content (AvgIpc) is 3.39. The normalized spacial score (nSPS) is 15.1. The summed E-state index contributed by atoms with van der Waals surface area (Å²) in [5.41, 5.74) is 1.67. The minimum atomic E-state index is -3.26. The Morgan fingerprint density at radius 1 is 1.16 bits per heavy atom. The summed E-state index contributed by atoms with van der Waals surface area (Å²) < 4.78 is 31.4. The van der Waals surface area contributed by atoms with Crippen LogP contribution in [0.1, 0.15) is 36.0 Å². The van der Waals surface area contributed by atoms with Crippen molar-refractivity contribution in [3.8, 4) is 11.5 Å². The molecular formula is C22H23ClN4O4S. The van der Waals surface area contributed by atoms with Gasteiger partial charge in [-0.3, -0.25) is 9.10 Å². The topological polar surface area (TPSA) is 96.6 Å². The molecule has 0 aliphatic carbocycles. The molecule has 1 aliphatic rings. The van der Waals surface area contributed by atoms with Gasteiger partial charge in [0.15, 0.2) is 0 Å². The van der Waals surface area contributed by atoms with Gasteiger partial charge in [0, 0.05) is 18.7 Å². The number of halogens is 1. The van der Waals surface area contributed by atoms with Crippen molar-refractivity contribution in [3.63, 3.8) is 0 Å². The Hall–Kier alpha value is -2.91. The van der Waals surface area contributed by atoms with Gasteiger partial charge < -0.3 is 9.32 Å². The average molecular weight is 475 g/mol. The third-order valence-electron chi connectivity index (χ3n) is 5.18. The number of nitrogens with zero attached hydrogens (tertiary/aromatic N) is 4. The largest absolute Gasteiger partial charge is 0.419 e. The van der Waals surface area contributed by atoms with Crippen LogP contribution in [0.5, 0.6) is 0 Å². The molecule has 0 N–H and O–H groups in total. The zero-order valence-corrected chi connectivity index (χ0v) is 19.1. The molecule has 0 unspecified atom stereocenters. The van der Waals surface area contributed by atoms with Gasteiger partial charge >= 0.3 is 0 Å². The Morgan fingerprint density at radius 3 is 2.56 bits per heavy atom. The molecule has 4 rings (SSSR count). The molecule has 168 valence electrons. The molecule has 1 fully saturated rings. The summed E-state index contributed by atoms with van der Waals surface area (Å²) in [4.78, 5) is 14.7. The number of carbonyl (C=O) groups is 1. The molecule has 0 atom stereocenters. The van der Waals surface area contributed by atoms with Crippen LogP contribution < -0.4 is 4.31 Å². The fourth-order valence-electron chi connectivity index (χ4n) is 3.63. The molecule has 0 radical (unpaired) electrons. The molecular weight excluding hydrogens is 452 g/mol. The van der Waals surface area contributed by atoms with E-state index in [0.29, 0.717) is 53.1 Å². The van der Waals surface area contributed by atoms with E-state index in [1.807, 2.05) is 19.1 Å². The van der Waals surface area contributed by atoms with E-state index >= 15 is 0 Å². The number of anilines is 1.